The van der Waals surface area contributed by atoms with Crippen molar-refractivity contribution in [2.75, 3.05) is 13.1 Å². The monoisotopic (exact) mass is 305 g/mol. The number of furan rings is 1. The number of hydrogen-bond donors (Lipinski definition) is 1. The van der Waals surface area contributed by atoms with Gasteiger partial charge >= 0.3 is 0 Å². The molecule has 0 saturated carbocycles. The van der Waals surface area contributed by atoms with Gasteiger partial charge in [0.1, 0.15) is 11.5 Å². The molecule has 0 unspecified atom stereocenters. The van der Waals surface area contributed by atoms with E-state index >= 15 is 0 Å². The molecule has 1 aromatic rings. The first kappa shape index (κ1) is 15.3. The van der Waals surface area contributed by atoms with E-state index in [1.165, 1.54) is 0 Å². The lowest BCUT2D eigenvalue weighted by molar-refractivity contribution is -0.0108. The van der Waals surface area contributed by atoms with E-state index in [0.29, 0.717) is 42.0 Å². The molecule has 2 heterocycles. The standard InChI is InChI=1S/C17H23NO4/c1-10-13(14-11(19)6-5-7-12(14)22-10)15(20)18-8-16(2,3)17(4,21)9-18/h21H,5-9H2,1-4H3/t17-/m0/s1. The van der Waals surface area contributed by atoms with Crippen molar-refractivity contribution in [3.05, 3.63) is 22.6 Å². The number of carbonyl (C=O) groups is 2. The Morgan fingerprint density at radius 3 is 2.50 bits per heavy atom. The summed E-state index contributed by atoms with van der Waals surface area (Å²) in [7, 11) is 0. The van der Waals surface area contributed by atoms with Gasteiger partial charge in [0.15, 0.2) is 5.78 Å². The molecule has 1 aromatic heterocycles. The van der Waals surface area contributed by atoms with Crippen LogP contribution in [-0.4, -0.2) is 40.4 Å². The number of carbonyl (C=O) groups excluding carboxylic acids is 2. The molecular weight excluding hydrogens is 282 g/mol. The Kier molecular flexibility index (Phi) is 3.25. The van der Waals surface area contributed by atoms with Gasteiger partial charge in [0.2, 0.25) is 0 Å². The molecule has 22 heavy (non-hydrogen) atoms. The van der Waals surface area contributed by atoms with Crippen molar-refractivity contribution in [3.63, 3.8) is 0 Å². The highest BCUT2D eigenvalue weighted by atomic mass is 16.3. The van der Waals surface area contributed by atoms with Crippen LogP contribution in [0.4, 0.5) is 0 Å². The maximum Gasteiger partial charge on any atom is 0.258 e. The zero-order valence-electron chi connectivity index (χ0n) is 13.7. The molecule has 1 fully saturated rings. The maximum absolute atomic E-state index is 12.9. The summed E-state index contributed by atoms with van der Waals surface area (Å²) >= 11 is 0. The first-order valence-corrected chi connectivity index (χ1v) is 7.81. The molecule has 1 amide bonds. The van der Waals surface area contributed by atoms with Crippen LogP contribution in [0.3, 0.4) is 0 Å². The number of nitrogens with zero attached hydrogens (tertiary/aromatic N) is 1. The third-order valence-electron chi connectivity index (χ3n) is 5.29. The van der Waals surface area contributed by atoms with Crippen molar-refractivity contribution in [2.45, 2.75) is 52.6 Å². The smallest absolute Gasteiger partial charge is 0.258 e. The predicted octanol–water partition coefficient (Wildman–Crippen LogP) is 2.34. The number of hydrogen-bond acceptors (Lipinski definition) is 4. The van der Waals surface area contributed by atoms with E-state index in [1.54, 1.807) is 18.7 Å². The molecule has 5 nitrogen and oxygen atoms in total. The number of aryl methyl sites for hydroxylation is 2. The first-order chi connectivity index (χ1) is 10.1. The van der Waals surface area contributed by atoms with Gasteiger partial charge in [-0.1, -0.05) is 13.8 Å². The highest BCUT2D eigenvalue weighted by molar-refractivity contribution is 6.10. The summed E-state index contributed by atoms with van der Waals surface area (Å²) in [5.74, 6) is 0.937. The van der Waals surface area contributed by atoms with Gasteiger partial charge in [-0.15, -0.1) is 0 Å². The van der Waals surface area contributed by atoms with Crippen LogP contribution in [0.2, 0.25) is 0 Å². The van der Waals surface area contributed by atoms with Gasteiger partial charge in [-0.2, -0.15) is 0 Å². The molecule has 0 bridgehead atoms. The van der Waals surface area contributed by atoms with Crippen molar-refractivity contribution in [2.24, 2.45) is 5.41 Å². The van der Waals surface area contributed by atoms with E-state index in [2.05, 4.69) is 0 Å². The fraction of sp³-hybridized carbons (Fsp3) is 0.647. The second kappa shape index (κ2) is 4.69. The maximum atomic E-state index is 12.9. The molecule has 1 aliphatic carbocycles. The number of fused-ring (bicyclic) bond motifs is 1. The zero-order valence-corrected chi connectivity index (χ0v) is 13.7. The SMILES string of the molecule is Cc1oc2c(c1C(=O)N1CC(C)(C)[C@@](C)(O)C1)C(=O)CCC2. The van der Waals surface area contributed by atoms with Gasteiger partial charge in [0.25, 0.3) is 5.91 Å². The second-order valence-corrected chi connectivity index (χ2v) is 7.43. The predicted molar refractivity (Wildman–Crippen MR) is 81.0 cm³/mol. The van der Waals surface area contributed by atoms with Crippen LogP contribution in [0.1, 0.15) is 65.8 Å². The van der Waals surface area contributed by atoms with Crippen molar-refractivity contribution < 1.29 is 19.1 Å². The normalized spacial score (nSPS) is 27.1. The number of ketones is 1. The third kappa shape index (κ3) is 2.10. The fourth-order valence-electron chi connectivity index (χ4n) is 3.46. The molecule has 5 heteroatoms. The summed E-state index contributed by atoms with van der Waals surface area (Å²) in [6.07, 6.45) is 1.95. The molecule has 1 aliphatic heterocycles. The quantitative estimate of drug-likeness (QED) is 0.864. The first-order valence-electron chi connectivity index (χ1n) is 7.81. The second-order valence-electron chi connectivity index (χ2n) is 7.43. The van der Waals surface area contributed by atoms with Gasteiger partial charge in [-0.05, 0) is 20.3 Å². The molecule has 0 aromatic carbocycles. The Morgan fingerprint density at radius 2 is 1.91 bits per heavy atom. The van der Waals surface area contributed by atoms with Gasteiger partial charge in [0.05, 0.1) is 23.3 Å². The van der Waals surface area contributed by atoms with E-state index in [-0.39, 0.29) is 23.7 Å². The van der Waals surface area contributed by atoms with E-state index in [9.17, 15) is 14.7 Å². The van der Waals surface area contributed by atoms with Crippen LogP contribution in [-0.2, 0) is 6.42 Å². The van der Waals surface area contributed by atoms with E-state index < -0.39 is 5.60 Å². The lowest BCUT2D eigenvalue weighted by atomic mass is 9.79. The number of likely N-dealkylation sites (tertiary alicyclic amines) is 1. The van der Waals surface area contributed by atoms with Gasteiger partial charge in [0, 0.05) is 24.8 Å². The molecule has 3 rings (SSSR count). The number of Topliss-reactive ketones (excluding diaryl/α,β-unsaturated/α-hetero) is 1. The summed E-state index contributed by atoms with van der Waals surface area (Å²) < 4.78 is 5.66. The summed E-state index contributed by atoms with van der Waals surface area (Å²) in [6.45, 7) is 8.12. The largest absolute Gasteiger partial charge is 0.465 e. The third-order valence-corrected chi connectivity index (χ3v) is 5.29. The average Bonchev–Trinajstić information content (AvgIpc) is 2.83. The molecule has 1 N–H and O–H groups in total. The number of β-amino-alcohol motifs (C(OH)–C–C–N with tert-alkyl or cyclic N) is 1. The molecule has 0 spiro atoms. The van der Waals surface area contributed by atoms with E-state index in [4.69, 9.17) is 4.42 Å². The number of aliphatic hydroxyl groups is 1. The minimum Gasteiger partial charge on any atom is -0.465 e. The van der Waals surface area contributed by atoms with Gasteiger partial charge in [-0.3, -0.25) is 9.59 Å². The van der Waals surface area contributed by atoms with Crippen LogP contribution < -0.4 is 0 Å². The van der Waals surface area contributed by atoms with Crippen LogP contribution in [0.5, 0.6) is 0 Å². The Bertz CT molecular complexity index is 638. The van der Waals surface area contributed by atoms with Crippen molar-refractivity contribution in [3.8, 4) is 0 Å². The van der Waals surface area contributed by atoms with Crippen LogP contribution in [0.25, 0.3) is 0 Å². The Hall–Kier alpha value is -1.62. The summed E-state index contributed by atoms with van der Waals surface area (Å²) in [4.78, 5) is 26.8. The topological polar surface area (TPSA) is 70.8 Å². The Labute approximate surface area is 130 Å². The highest BCUT2D eigenvalue weighted by Crippen LogP contribution is 2.40. The molecule has 1 saturated heterocycles. The molecule has 1 atom stereocenters. The zero-order chi connectivity index (χ0) is 16.3. The number of amides is 1. The molecule has 0 radical (unpaired) electrons. The molecule has 2 aliphatic rings. The fourth-order valence-corrected chi connectivity index (χ4v) is 3.46. The van der Waals surface area contributed by atoms with Crippen molar-refractivity contribution >= 4 is 11.7 Å². The lowest BCUT2D eigenvalue weighted by Gasteiger charge is -2.30. The van der Waals surface area contributed by atoms with E-state index in [0.717, 1.165) is 6.42 Å². The van der Waals surface area contributed by atoms with Crippen molar-refractivity contribution in [1.82, 2.24) is 4.90 Å². The van der Waals surface area contributed by atoms with Gasteiger partial charge in [-0.25, -0.2) is 0 Å². The Balaban J connectivity index is 1.98. The number of rotatable bonds is 1. The van der Waals surface area contributed by atoms with Crippen LogP contribution >= 0.6 is 0 Å². The van der Waals surface area contributed by atoms with E-state index in [1.807, 2.05) is 13.8 Å². The minimum atomic E-state index is -0.940. The summed E-state index contributed by atoms with van der Waals surface area (Å²) in [5, 5.41) is 10.5. The van der Waals surface area contributed by atoms with Crippen molar-refractivity contribution in [1.29, 1.82) is 0 Å². The van der Waals surface area contributed by atoms with Crippen LogP contribution in [0, 0.1) is 12.3 Å². The average molecular weight is 305 g/mol. The molecular formula is C17H23NO4. The van der Waals surface area contributed by atoms with Crippen LogP contribution in [0.15, 0.2) is 4.42 Å². The highest BCUT2D eigenvalue weighted by Gasteiger charge is 2.50. The molecule has 120 valence electrons. The Morgan fingerprint density at radius 1 is 1.23 bits per heavy atom. The lowest BCUT2D eigenvalue weighted by Crippen LogP contribution is -2.40. The summed E-state index contributed by atoms with van der Waals surface area (Å²) in [6, 6.07) is 0. The summed E-state index contributed by atoms with van der Waals surface area (Å²) in [5.41, 5.74) is -0.458. The van der Waals surface area contributed by atoms with Gasteiger partial charge < -0.3 is 14.4 Å². The minimum absolute atomic E-state index is 0.00772.